The zero-order chi connectivity index (χ0) is 18.1. The summed E-state index contributed by atoms with van der Waals surface area (Å²) in [6.45, 7) is 1.66. The first-order chi connectivity index (χ1) is 12.6. The van der Waals surface area contributed by atoms with Crippen LogP contribution in [0.2, 0.25) is 5.02 Å². The van der Waals surface area contributed by atoms with E-state index >= 15 is 0 Å². The summed E-state index contributed by atoms with van der Waals surface area (Å²) in [5.74, 6) is 0.455. The SMILES string of the molecule is NC(=O)c1cccc2c(NC3CNC[C@@H]3c3cccc(Cl)c3)ncnc12. The van der Waals surface area contributed by atoms with Crippen LogP contribution in [-0.2, 0) is 0 Å². The van der Waals surface area contributed by atoms with Crippen LogP contribution < -0.4 is 16.4 Å². The molecule has 1 aromatic heterocycles. The van der Waals surface area contributed by atoms with Gasteiger partial charge < -0.3 is 16.4 Å². The molecule has 2 heterocycles. The predicted octanol–water partition coefficient (Wildman–Crippen LogP) is 2.55. The number of aromatic nitrogens is 2. The van der Waals surface area contributed by atoms with E-state index in [1.165, 1.54) is 11.9 Å². The van der Waals surface area contributed by atoms with Crippen molar-refractivity contribution in [3.8, 4) is 0 Å². The number of nitrogens with two attached hydrogens (primary N) is 1. The molecule has 1 aliphatic rings. The van der Waals surface area contributed by atoms with Crippen LogP contribution in [0.1, 0.15) is 21.8 Å². The highest BCUT2D eigenvalue weighted by Crippen LogP contribution is 2.29. The molecule has 4 rings (SSSR count). The smallest absolute Gasteiger partial charge is 0.250 e. The molecule has 0 radical (unpaired) electrons. The molecule has 1 unspecified atom stereocenters. The van der Waals surface area contributed by atoms with Crippen LogP contribution in [0.15, 0.2) is 48.8 Å². The van der Waals surface area contributed by atoms with Crippen LogP contribution in [0.5, 0.6) is 0 Å². The van der Waals surface area contributed by atoms with Gasteiger partial charge in [-0.3, -0.25) is 4.79 Å². The van der Waals surface area contributed by atoms with Gasteiger partial charge in [0.2, 0.25) is 0 Å². The summed E-state index contributed by atoms with van der Waals surface area (Å²) < 4.78 is 0. The maximum Gasteiger partial charge on any atom is 0.250 e. The molecule has 1 fully saturated rings. The van der Waals surface area contributed by atoms with Crippen molar-refractivity contribution in [1.29, 1.82) is 0 Å². The summed E-state index contributed by atoms with van der Waals surface area (Å²) in [7, 11) is 0. The first kappa shape index (κ1) is 16.8. The number of primary amides is 1. The average Bonchev–Trinajstić information content (AvgIpc) is 3.09. The third-order valence-electron chi connectivity index (χ3n) is 4.74. The Bertz CT molecular complexity index is 977. The molecule has 1 amide bonds. The number of fused-ring (bicyclic) bond motifs is 1. The number of hydrogen-bond acceptors (Lipinski definition) is 5. The van der Waals surface area contributed by atoms with Gasteiger partial charge in [0.1, 0.15) is 12.1 Å². The van der Waals surface area contributed by atoms with Gasteiger partial charge in [0.25, 0.3) is 5.91 Å². The van der Waals surface area contributed by atoms with Crippen LogP contribution in [-0.4, -0.2) is 35.0 Å². The highest BCUT2D eigenvalue weighted by molar-refractivity contribution is 6.30. The Balaban J connectivity index is 1.68. The highest BCUT2D eigenvalue weighted by Gasteiger charge is 2.29. The molecule has 26 heavy (non-hydrogen) atoms. The number of benzene rings is 2. The van der Waals surface area contributed by atoms with Crippen LogP contribution in [0, 0.1) is 0 Å². The Morgan fingerprint density at radius 3 is 2.85 bits per heavy atom. The molecule has 0 bridgehead atoms. The number of hydrogen-bond donors (Lipinski definition) is 3. The van der Waals surface area contributed by atoms with Gasteiger partial charge in [-0.05, 0) is 29.8 Å². The molecule has 2 atom stereocenters. The van der Waals surface area contributed by atoms with Crippen molar-refractivity contribution in [3.05, 3.63) is 64.9 Å². The number of amides is 1. The molecule has 0 saturated carbocycles. The quantitative estimate of drug-likeness (QED) is 0.659. The number of nitrogens with zero attached hydrogens (tertiary/aromatic N) is 2. The number of halogens is 1. The largest absolute Gasteiger partial charge is 0.366 e. The summed E-state index contributed by atoms with van der Waals surface area (Å²) in [5.41, 5.74) is 7.59. The third kappa shape index (κ3) is 3.09. The van der Waals surface area contributed by atoms with Crippen molar-refractivity contribution in [1.82, 2.24) is 15.3 Å². The number of rotatable bonds is 4. The van der Waals surface area contributed by atoms with E-state index < -0.39 is 5.91 Å². The van der Waals surface area contributed by atoms with Crippen LogP contribution >= 0.6 is 11.6 Å². The van der Waals surface area contributed by atoms with Gasteiger partial charge in [-0.2, -0.15) is 0 Å². The number of nitrogens with one attached hydrogen (secondary N) is 2. The second kappa shape index (κ2) is 6.90. The van der Waals surface area contributed by atoms with Crippen molar-refractivity contribution in [2.45, 2.75) is 12.0 Å². The first-order valence-electron chi connectivity index (χ1n) is 8.40. The van der Waals surface area contributed by atoms with E-state index in [2.05, 4.69) is 26.7 Å². The van der Waals surface area contributed by atoms with E-state index in [-0.39, 0.29) is 12.0 Å². The summed E-state index contributed by atoms with van der Waals surface area (Å²) in [6.07, 6.45) is 1.45. The lowest BCUT2D eigenvalue weighted by atomic mass is 9.94. The third-order valence-corrected chi connectivity index (χ3v) is 4.98. The zero-order valence-corrected chi connectivity index (χ0v) is 14.7. The Hall–Kier alpha value is -2.70. The second-order valence-corrected chi connectivity index (χ2v) is 6.80. The lowest BCUT2D eigenvalue weighted by Gasteiger charge is -2.22. The molecule has 0 aliphatic carbocycles. The number of anilines is 1. The topological polar surface area (TPSA) is 92.9 Å². The van der Waals surface area contributed by atoms with Crippen molar-refractivity contribution >= 4 is 34.2 Å². The fourth-order valence-corrected chi connectivity index (χ4v) is 3.69. The standard InChI is InChI=1S/C19H18ClN5O/c20-12-4-1-3-11(7-12)15-8-22-9-16(15)25-19-14-6-2-5-13(18(21)26)17(14)23-10-24-19/h1-7,10,15-16,22H,8-9H2,(H2,21,26)(H,23,24,25)/t15-,16?/m1/s1. The Labute approximate surface area is 155 Å². The molecule has 1 aliphatic heterocycles. The average molecular weight is 368 g/mol. The summed E-state index contributed by atoms with van der Waals surface area (Å²) in [4.78, 5) is 20.3. The van der Waals surface area contributed by atoms with Gasteiger partial charge >= 0.3 is 0 Å². The number of carbonyl (C=O) groups excluding carboxylic acids is 1. The fraction of sp³-hybridized carbons (Fsp3) is 0.211. The molecular weight excluding hydrogens is 350 g/mol. The van der Waals surface area contributed by atoms with E-state index in [1.54, 1.807) is 12.1 Å². The molecule has 3 aromatic rings. The molecule has 2 aromatic carbocycles. The van der Waals surface area contributed by atoms with E-state index in [4.69, 9.17) is 17.3 Å². The van der Waals surface area contributed by atoms with Gasteiger partial charge in [0, 0.05) is 35.5 Å². The molecule has 6 nitrogen and oxygen atoms in total. The van der Waals surface area contributed by atoms with Gasteiger partial charge in [-0.25, -0.2) is 9.97 Å². The summed E-state index contributed by atoms with van der Waals surface area (Å²) in [6, 6.07) is 13.4. The number of para-hydroxylation sites is 1. The number of carbonyl (C=O) groups is 1. The molecular formula is C19H18ClN5O. The van der Waals surface area contributed by atoms with E-state index in [0.29, 0.717) is 16.9 Å². The Morgan fingerprint density at radius 1 is 1.19 bits per heavy atom. The molecule has 132 valence electrons. The van der Waals surface area contributed by atoms with Gasteiger partial charge in [0.15, 0.2) is 0 Å². The van der Waals surface area contributed by atoms with Crippen molar-refractivity contribution in [3.63, 3.8) is 0 Å². The monoisotopic (exact) mass is 367 g/mol. The Morgan fingerprint density at radius 2 is 2.04 bits per heavy atom. The molecule has 1 saturated heterocycles. The Kier molecular flexibility index (Phi) is 4.44. The molecule has 4 N–H and O–H groups in total. The normalized spacial score (nSPS) is 19.6. The highest BCUT2D eigenvalue weighted by atomic mass is 35.5. The van der Waals surface area contributed by atoms with E-state index in [0.717, 1.165) is 23.5 Å². The van der Waals surface area contributed by atoms with Crippen molar-refractivity contribution in [2.75, 3.05) is 18.4 Å². The maximum absolute atomic E-state index is 11.7. The van der Waals surface area contributed by atoms with Crippen LogP contribution in [0.25, 0.3) is 10.9 Å². The fourth-order valence-electron chi connectivity index (χ4n) is 3.49. The lowest BCUT2D eigenvalue weighted by Crippen LogP contribution is -2.27. The summed E-state index contributed by atoms with van der Waals surface area (Å²) >= 11 is 6.15. The van der Waals surface area contributed by atoms with Gasteiger partial charge in [-0.15, -0.1) is 0 Å². The first-order valence-corrected chi connectivity index (χ1v) is 8.77. The predicted molar refractivity (Wildman–Crippen MR) is 103 cm³/mol. The molecule has 0 spiro atoms. The summed E-state index contributed by atoms with van der Waals surface area (Å²) in [5, 5.41) is 8.43. The minimum absolute atomic E-state index is 0.142. The minimum atomic E-state index is -0.500. The maximum atomic E-state index is 11.7. The van der Waals surface area contributed by atoms with Crippen molar-refractivity contribution in [2.24, 2.45) is 5.73 Å². The van der Waals surface area contributed by atoms with Crippen LogP contribution in [0.4, 0.5) is 5.82 Å². The van der Waals surface area contributed by atoms with E-state index in [9.17, 15) is 4.79 Å². The molecule has 7 heteroatoms. The van der Waals surface area contributed by atoms with Crippen LogP contribution in [0.3, 0.4) is 0 Å². The lowest BCUT2D eigenvalue weighted by molar-refractivity contribution is 0.100. The van der Waals surface area contributed by atoms with Crippen molar-refractivity contribution < 1.29 is 4.79 Å². The second-order valence-electron chi connectivity index (χ2n) is 6.36. The van der Waals surface area contributed by atoms with Gasteiger partial charge in [0.05, 0.1) is 11.1 Å². The van der Waals surface area contributed by atoms with Gasteiger partial charge in [-0.1, -0.05) is 29.8 Å². The minimum Gasteiger partial charge on any atom is -0.366 e. The zero-order valence-electron chi connectivity index (χ0n) is 13.9. The van der Waals surface area contributed by atoms with E-state index in [1.807, 2.05) is 24.3 Å².